The van der Waals surface area contributed by atoms with Crippen molar-refractivity contribution in [1.29, 1.82) is 0 Å². The number of carbonyl (C=O) groups is 1. The number of hydrogen-bond acceptors (Lipinski definition) is 3. The van der Waals surface area contributed by atoms with Gasteiger partial charge in [-0.2, -0.15) is 0 Å². The molecule has 4 nitrogen and oxygen atoms in total. The van der Waals surface area contributed by atoms with Gasteiger partial charge in [0.15, 0.2) is 5.76 Å². The second-order valence-electron chi connectivity index (χ2n) is 5.40. The average molecular weight is 248 g/mol. The predicted molar refractivity (Wildman–Crippen MR) is 68.5 cm³/mol. The number of piperidine rings is 1. The Bertz CT molecular complexity index is 429. The van der Waals surface area contributed by atoms with E-state index < -0.39 is 0 Å². The van der Waals surface area contributed by atoms with Gasteiger partial charge in [-0.3, -0.25) is 4.79 Å². The number of rotatable bonds is 3. The number of furan rings is 1. The SMILES string of the molecule is CCc1ccc(C(=O)NC2CC3CCC(C2)N3)o1. The Morgan fingerprint density at radius 1 is 1.39 bits per heavy atom. The second kappa shape index (κ2) is 4.76. The van der Waals surface area contributed by atoms with Crippen LogP contribution >= 0.6 is 0 Å². The minimum Gasteiger partial charge on any atom is -0.456 e. The molecule has 1 aromatic rings. The van der Waals surface area contributed by atoms with Gasteiger partial charge < -0.3 is 15.1 Å². The Morgan fingerprint density at radius 3 is 2.72 bits per heavy atom. The molecule has 2 saturated heterocycles. The first kappa shape index (κ1) is 11.8. The van der Waals surface area contributed by atoms with Crippen molar-refractivity contribution >= 4 is 5.91 Å². The Hall–Kier alpha value is -1.29. The van der Waals surface area contributed by atoms with Crippen LogP contribution in [0.25, 0.3) is 0 Å². The third-order valence-corrected chi connectivity index (χ3v) is 4.04. The highest BCUT2D eigenvalue weighted by atomic mass is 16.3. The molecule has 2 atom stereocenters. The molecule has 0 aromatic carbocycles. The number of carbonyl (C=O) groups excluding carboxylic acids is 1. The van der Waals surface area contributed by atoms with Crippen molar-refractivity contribution in [3.05, 3.63) is 23.7 Å². The fourth-order valence-electron chi connectivity index (χ4n) is 3.12. The van der Waals surface area contributed by atoms with E-state index in [1.807, 2.05) is 13.0 Å². The van der Waals surface area contributed by atoms with Crippen molar-refractivity contribution in [2.24, 2.45) is 0 Å². The van der Waals surface area contributed by atoms with Gasteiger partial charge >= 0.3 is 0 Å². The van der Waals surface area contributed by atoms with E-state index in [1.165, 1.54) is 12.8 Å². The van der Waals surface area contributed by atoms with E-state index in [9.17, 15) is 4.79 Å². The first-order valence-corrected chi connectivity index (χ1v) is 6.90. The van der Waals surface area contributed by atoms with E-state index >= 15 is 0 Å². The Labute approximate surface area is 107 Å². The van der Waals surface area contributed by atoms with Crippen LogP contribution in [0.5, 0.6) is 0 Å². The molecular weight excluding hydrogens is 228 g/mol. The third-order valence-electron chi connectivity index (χ3n) is 4.04. The molecule has 2 bridgehead atoms. The molecule has 2 aliphatic rings. The molecule has 98 valence electrons. The monoisotopic (exact) mass is 248 g/mol. The summed E-state index contributed by atoms with van der Waals surface area (Å²) in [5.74, 6) is 1.24. The number of nitrogens with one attached hydrogen (secondary N) is 2. The zero-order valence-corrected chi connectivity index (χ0v) is 10.7. The molecular formula is C14H20N2O2. The molecule has 2 aliphatic heterocycles. The molecule has 0 aliphatic carbocycles. The second-order valence-corrected chi connectivity index (χ2v) is 5.40. The van der Waals surface area contributed by atoms with Crippen LogP contribution in [0, 0.1) is 0 Å². The van der Waals surface area contributed by atoms with Crippen molar-refractivity contribution < 1.29 is 9.21 Å². The predicted octanol–water partition coefficient (Wildman–Crippen LogP) is 1.85. The maximum atomic E-state index is 12.1. The minimum absolute atomic E-state index is 0.0685. The Morgan fingerprint density at radius 2 is 2.11 bits per heavy atom. The molecule has 4 heteroatoms. The molecule has 0 radical (unpaired) electrons. The van der Waals surface area contributed by atoms with Crippen LogP contribution in [-0.4, -0.2) is 24.0 Å². The summed E-state index contributed by atoms with van der Waals surface area (Å²) in [6, 6.07) is 5.13. The largest absolute Gasteiger partial charge is 0.456 e. The van der Waals surface area contributed by atoms with E-state index in [1.54, 1.807) is 6.07 Å². The number of fused-ring (bicyclic) bond motifs is 2. The molecule has 2 unspecified atom stereocenters. The van der Waals surface area contributed by atoms with E-state index in [-0.39, 0.29) is 5.91 Å². The van der Waals surface area contributed by atoms with Crippen LogP contribution in [0.4, 0.5) is 0 Å². The summed E-state index contributed by atoms with van der Waals surface area (Å²) in [6.45, 7) is 2.02. The van der Waals surface area contributed by atoms with Gasteiger partial charge in [0.25, 0.3) is 5.91 Å². The van der Waals surface area contributed by atoms with E-state index in [0.717, 1.165) is 25.0 Å². The van der Waals surface area contributed by atoms with Crippen LogP contribution in [0.3, 0.4) is 0 Å². The van der Waals surface area contributed by atoms with E-state index in [2.05, 4.69) is 10.6 Å². The van der Waals surface area contributed by atoms with Gasteiger partial charge in [-0.05, 0) is 37.8 Å². The lowest BCUT2D eigenvalue weighted by Gasteiger charge is -2.29. The van der Waals surface area contributed by atoms with Gasteiger partial charge in [-0.15, -0.1) is 0 Å². The highest BCUT2D eigenvalue weighted by Crippen LogP contribution is 2.26. The van der Waals surface area contributed by atoms with Gasteiger partial charge in [-0.1, -0.05) is 6.92 Å². The minimum atomic E-state index is -0.0685. The van der Waals surface area contributed by atoms with Crippen LogP contribution in [0.15, 0.2) is 16.5 Å². The zero-order valence-electron chi connectivity index (χ0n) is 10.7. The average Bonchev–Trinajstić information content (AvgIpc) is 2.96. The Balaban J connectivity index is 1.60. The molecule has 18 heavy (non-hydrogen) atoms. The smallest absolute Gasteiger partial charge is 0.287 e. The standard InChI is InChI=1S/C14H20N2O2/c1-2-12-5-6-13(18-12)14(17)16-11-7-9-3-4-10(8-11)15-9/h5-6,9-11,15H,2-4,7-8H2,1H3,(H,16,17). The maximum absolute atomic E-state index is 12.1. The summed E-state index contributed by atoms with van der Waals surface area (Å²) in [6.07, 6.45) is 5.41. The van der Waals surface area contributed by atoms with Crippen molar-refractivity contribution in [1.82, 2.24) is 10.6 Å². The number of hydrogen-bond donors (Lipinski definition) is 2. The summed E-state index contributed by atoms with van der Waals surface area (Å²) in [7, 11) is 0. The third kappa shape index (κ3) is 2.29. The van der Waals surface area contributed by atoms with Crippen molar-refractivity contribution in [2.45, 2.75) is 57.2 Å². The molecule has 3 rings (SSSR count). The van der Waals surface area contributed by atoms with Crippen molar-refractivity contribution in [3.8, 4) is 0 Å². The summed E-state index contributed by atoms with van der Waals surface area (Å²) >= 11 is 0. The summed E-state index contributed by atoms with van der Waals surface area (Å²) in [4.78, 5) is 12.1. The van der Waals surface area contributed by atoms with E-state index in [4.69, 9.17) is 4.42 Å². The number of aryl methyl sites for hydroxylation is 1. The molecule has 3 heterocycles. The molecule has 0 saturated carbocycles. The van der Waals surface area contributed by atoms with E-state index in [0.29, 0.717) is 23.9 Å². The fraction of sp³-hybridized carbons (Fsp3) is 0.643. The quantitative estimate of drug-likeness (QED) is 0.858. The first-order valence-electron chi connectivity index (χ1n) is 6.90. The molecule has 2 N–H and O–H groups in total. The molecule has 1 aromatic heterocycles. The van der Waals surface area contributed by atoms with Crippen molar-refractivity contribution in [2.75, 3.05) is 0 Å². The normalized spacial score (nSPS) is 30.4. The molecule has 1 amide bonds. The van der Waals surface area contributed by atoms with Crippen LogP contribution < -0.4 is 10.6 Å². The fourth-order valence-corrected chi connectivity index (χ4v) is 3.12. The summed E-state index contributed by atoms with van der Waals surface area (Å²) in [5, 5.41) is 6.67. The van der Waals surface area contributed by atoms with Crippen LogP contribution in [0.1, 0.15) is 48.9 Å². The van der Waals surface area contributed by atoms with Crippen LogP contribution in [0.2, 0.25) is 0 Å². The van der Waals surface area contributed by atoms with Crippen LogP contribution in [-0.2, 0) is 6.42 Å². The Kier molecular flexibility index (Phi) is 3.12. The zero-order chi connectivity index (χ0) is 12.5. The molecule has 2 fully saturated rings. The highest BCUT2D eigenvalue weighted by molar-refractivity contribution is 5.91. The summed E-state index contributed by atoms with van der Waals surface area (Å²) in [5.41, 5.74) is 0. The lowest BCUT2D eigenvalue weighted by Crippen LogP contribution is -2.47. The lowest BCUT2D eigenvalue weighted by atomic mass is 10.00. The lowest BCUT2D eigenvalue weighted by molar-refractivity contribution is 0.0894. The van der Waals surface area contributed by atoms with Crippen molar-refractivity contribution in [3.63, 3.8) is 0 Å². The van der Waals surface area contributed by atoms with Gasteiger partial charge in [0, 0.05) is 24.5 Å². The molecule has 0 spiro atoms. The number of amides is 1. The first-order chi connectivity index (χ1) is 8.74. The highest BCUT2D eigenvalue weighted by Gasteiger charge is 2.34. The van der Waals surface area contributed by atoms with Gasteiger partial charge in [0.2, 0.25) is 0 Å². The van der Waals surface area contributed by atoms with Gasteiger partial charge in [0.1, 0.15) is 5.76 Å². The van der Waals surface area contributed by atoms with Gasteiger partial charge in [0.05, 0.1) is 0 Å². The maximum Gasteiger partial charge on any atom is 0.287 e. The topological polar surface area (TPSA) is 54.3 Å². The summed E-state index contributed by atoms with van der Waals surface area (Å²) < 4.78 is 5.48. The van der Waals surface area contributed by atoms with Gasteiger partial charge in [-0.25, -0.2) is 0 Å².